The second-order valence-electron chi connectivity index (χ2n) is 6.45. The molecule has 0 radical (unpaired) electrons. The van der Waals surface area contributed by atoms with E-state index in [0.717, 1.165) is 5.56 Å². The molecule has 1 unspecified atom stereocenters. The highest BCUT2D eigenvalue weighted by Crippen LogP contribution is 2.25. The normalized spacial score (nSPS) is 16.5. The van der Waals surface area contributed by atoms with Gasteiger partial charge in [-0.3, -0.25) is 4.79 Å². The molecule has 1 aliphatic heterocycles. The molecule has 0 spiro atoms. The van der Waals surface area contributed by atoms with Crippen molar-refractivity contribution >= 4 is 29.2 Å². The molecule has 0 aliphatic carbocycles. The van der Waals surface area contributed by atoms with E-state index in [1.54, 1.807) is 11.0 Å². The lowest BCUT2D eigenvalue weighted by molar-refractivity contribution is -0.117. The van der Waals surface area contributed by atoms with Crippen LogP contribution in [0.5, 0.6) is 0 Å². The molecule has 1 aliphatic rings. The average molecular weight is 390 g/mol. The standard InChI is InChI=1S/C20H21ClFN3O2/c1-2-24(12-14-6-4-3-5-7-14)20(27)23-15-10-19(26)25(13-15)16-8-9-17(21)18(22)11-16/h3-9,11,15H,2,10,12-13H2,1H3,(H,23,27). The summed E-state index contributed by atoms with van der Waals surface area (Å²) in [6, 6.07) is 13.4. The van der Waals surface area contributed by atoms with Gasteiger partial charge in [0.2, 0.25) is 5.91 Å². The lowest BCUT2D eigenvalue weighted by Gasteiger charge is -2.24. The van der Waals surface area contributed by atoms with E-state index in [1.165, 1.54) is 17.0 Å². The molecule has 1 heterocycles. The Bertz CT molecular complexity index is 831. The molecular weight excluding hydrogens is 369 g/mol. The number of amides is 3. The first kappa shape index (κ1) is 19.2. The Morgan fingerprint density at radius 2 is 2.04 bits per heavy atom. The molecular formula is C20H21ClFN3O2. The molecule has 1 saturated heterocycles. The third-order valence-electron chi connectivity index (χ3n) is 4.55. The molecule has 1 N–H and O–H groups in total. The van der Waals surface area contributed by atoms with Crippen LogP contribution >= 0.6 is 11.6 Å². The van der Waals surface area contributed by atoms with Gasteiger partial charge in [-0.25, -0.2) is 9.18 Å². The van der Waals surface area contributed by atoms with E-state index in [1.807, 2.05) is 37.3 Å². The van der Waals surface area contributed by atoms with Gasteiger partial charge in [0.1, 0.15) is 5.82 Å². The second kappa shape index (κ2) is 8.39. The van der Waals surface area contributed by atoms with Gasteiger partial charge in [-0.2, -0.15) is 0 Å². The number of hydrogen-bond acceptors (Lipinski definition) is 2. The average Bonchev–Trinajstić information content (AvgIpc) is 3.02. The van der Waals surface area contributed by atoms with E-state index < -0.39 is 5.82 Å². The van der Waals surface area contributed by atoms with Crippen LogP contribution < -0.4 is 10.2 Å². The number of rotatable bonds is 5. The predicted octanol–water partition coefficient (Wildman–Crippen LogP) is 3.82. The smallest absolute Gasteiger partial charge is 0.317 e. The number of benzene rings is 2. The van der Waals surface area contributed by atoms with Gasteiger partial charge >= 0.3 is 6.03 Å². The van der Waals surface area contributed by atoms with E-state index in [9.17, 15) is 14.0 Å². The van der Waals surface area contributed by atoms with Crippen molar-refractivity contribution < 1.29 is 14.0 Å². The Labute approximate surface area is 162 Å². The molecule has 5 nitrogen and oxygen atoms in total. The zero-order valence-electron chi connectivity index (χ0n) is 15.0. The van der Waals surface area contributed by atoms with E-state index in [4.69, 9.17) is 11.6 Å². The number of carbonyl (C=O) groups is 2. The predicted molar refractivity (Wildman–Crippen MR) is 103 cm³/mol. The number of carbonyl (C=O) groups excluding carboxylic acids is 2. The van der Waals surface area contributed by atoms with Gasteiger partial charge in [0, 0.05) is 31.7 Å². The van der Waals surface area contributed by atoms with E-state index in [0.29, 0.717) is 25.3 Å². The summed E-state index contributed by atoms with van der Waals surface area (Å²) in [4.78, 5) is 28.0. The second-order valence-corrected chi connectivity index (χ2v) is 6.86. The molecule has 7 heteroatoms. The fourth-order valence-electron chi connectivity index (χ4n) is 3.10. The zero-order valence-corrected chi connectivity index (χ0v) is 15.7. The molecule has 3 rings (SSSR count). The van der Waals surface area contributed by atoms with Crippen molar-refractivity contribution in [3.8, 4) is 0 Å². The van der Waals surface area contributed by atoms with Gasteiger partial charge in [-0.05, 0) is 30.7 Å². The SMILES string of the molecule is CCN(Cc1ccccc1)C(=O)NC1CC(=O)N(c2ccc(Cl)c(F)c2)C1. The maximum absolute atomic E-state index is 13.7. The van der Waals surface area contributed by atoms with Crippen molar-refractivity contribution in [1.29, 1.82) is 0 Å². The highest BCUT2D eigenvalue weighted by atomic mass is 35.5. The summed E-state index contributed by atoms with van der Waals surface area (Å²) >= 11 is 5.70. The molecule has 1 fully saturated rings. The Morgan fingerprint density at radius 3 is 2.70 bits per heavy atom. The van der Waals surface area contributed by atoms with Crippen LogP contribution in [-0.4, -0.2) is 36.0 Å². The zero-order chi connectivity index (χ0) is 19.4. The van der Waals surface area contributed by atoms with E-state index in [2.05, 4.69) is 5.32 Å². The third kappa shape index (κ3) is 4.57. The first-order valence-corrected chi connectivity index (χ1v) is 9.20. The minimum absolute atomic E-state index is 0.00903. The van der Waals surface area contributed by atoms with Gasteiger partial charge in [0.15, 0.2) is 0 Å². The fourth-order valence-corrected chi connectivity index (χ4v) is 3.22. The van der Waals surface area contributed by atoms with Crippen LogP contribution in [0.15, 0.2) is 48.5 Å². The van der Waals surface area contributed by atoms with Crippen molar-refractivity contribution in [1.82, 2.24) is 10.2 Å². The lowest BCUT2D eigenvalue weighted by atomic mass is 10.2. The fraction of sp³-hybridized carbons (Fsp3) is 0.300. The summed E-state index contributed by atoms with van der Waals surface area (Å²) in [7, 11) is 0. The molecule has 3 amide bonds. The summed E-state index contributed by atoms with van der Waals surface area (Å²) in [6.07, 6.45) is 0.179. The molecule has 142 valence electrons. The molecule has 0 bridgehead atoms. The van der Waals surface area contributed by atoms with Gasteiger partial charge in [-0.1, -0.05) is 41.9 Å². The van der Waals surface area contributed by atoms with Crippen LogP contribution in [0.1, 0.15) is 18.9 Å². The van der Waals surface area contributed by atoms with E-state index in [-0.39, 0.29) is 29.4 Å². The summed E-state index contributed by atoms with van der Waals surface area (Å²) in [5, 5.41) is 2.92. The Balaban J connectivity index is 1.62. The lowest BCUT2D eigenvalue weighted by Crippen LogP contribution is -2.45. The third-order valence-corrected chi connectivity index (χ3v) is 4.86. The Kier molecular flexibility index (Phi) is 5.96. The monoisotopic (exact) mass is 389 g/mol. The Hall–Kier alpha value is -2.60. The number of halogens is 2. The van der Waals surface area contributed by atoms with E-state index >= 15 is 0 Å². The Morgan fingerprint density at radius 1 is 1.30 bits per heavy atom. The number of nitrogens with zero attached hydrogens (tertiary/aromatic N) is 2. The molecule has 0 saturated carbocycles. The quantitative estimate of drug-likeness (QED) is 0.845. The first-order valence-electron chi connectivity index (χ1n) is 8.82. The highest BCUT2D eigenvalue weighted by Gasteiger charge is 2.32. The summed E-state index contributed by atoms with van der Waals surface area (Å²) in [6.45, 7) is 3.25. The van der Waals surface area contributed by atoms with Gasteiger partial charge in [-0.15, -0.1) is 0 Å². The van der Waals surface area contributed by atoms with Crippen molar-refractivity contribution in [2.45, 2.75) is 25.9 Å². The van der Waals surface area contributed by atoms with Crippen LogP contribution in [0.3, 0.4) is 0 Å². The molecule has 27 heavy (non-hydrogen) atoms. The number of nitrogens with one attached hydrogen (secondary N) is 1. The van der Waals surface area contributed by atoms with Crippen LogP contribution in [0, 0.1) is 5.82 Å². The van der Waals surface area contributed by atoms with Crippen LogP contribution in [-0.2, 0) is 11.3 Å². The summed E-state index contributed by atoms with van der Waals surface area (Å²) < 4.78 is 13.7. The van der Waals surface area contributed by atoms with Gasteiger partial charge in [0.05, 0.1) is 11.1 Å². The minimum Gasteiger partial charge on any atom is -0.333 e. The summed E-state index contributed by atoms with van der Waals surface area (Å²) in [5.74, 6) is -0.734. The van der Waals surface area contributed by atoms with Crippen LogP contribution in [0.2, 0.25) is 5.02 Å². The molecule has 0 aromatic heterocycles. The minimum atomic E-state index is -0.575. The maximum atomic E-state index is 13.7. The molecule has 2 aromatic carbocycles. The number of anilines is 1. The largest absolute Gasteiger partial charge is 0.333 e. The number of hydrogen-bond donors (Lipinski definition) is 1. The summed E-state index contributed by atoms with van der Waals surface area (Å²) in [5.41, 5.74) is 1.48. The first-order chi connectivity index (χ1) is 13.0. The topological polar surface area (TPSA) is 52.7 Å². The van der Waals surface area contributed by atoms with Gasteiger partial charge < -0.3 is 15.1 Å². The molecule has 2 aromatic rings. The van der Waals surface area contributed by atoms with Crippen molar-refractivity contribution in [2.75, 3.05) is 18.0 Å². The maximum Gasteiger partial charge on any atom is 0.317 e. The van der Waals surface area contributed by atoms with Crippen molar-refractivity contribution in [3.05, 3.63) is 64.9 Å². The van der Waals surface area contributed by atoms with Crippen molar-refractivity contribution in [2.24, 2.45) is 0 Å². The number of urea groups is 1. The highest BCUT2D eigenvalue weighted by molar-refractivity contribution is 6.30. The van der Waals surface area contributed by atoms with Gasteiger partial charge in [0.25, 0.3) is 0 Å². The van der Waals surface area contributed by atoms with Crippen LogP contribution in [0.4, 0.5) is 14.9 Å². The molecule has 1 atom stereocenters. The van der Waals surface area contributed by atoms with Crippen LogP contribution in [0.25, 0.3) is 0 Å². The van der Waals surface area contributed by atoms with Crippen molar-refractivity contribution in [3.63, 3.8) is 0 Å².